The molecule has 2 aromatic heterocycles. The van der Waals surface area contributed by atoms with Crippen molar-refractivity contribution < 1.29 is 4.74 Å². The molecule has 2 heterocycles. The summed E-state index contributed by atoms with van der Waals surface area (Å²) in [6.45, 7) is 2.96. The molecule has 0 spiro atoms. The van der Waals surface area contributed by atoms with Crippen molar-refractivity contribution >= 4 is 11.6 Å². The van der Waals surface area contributed by atoms with Gasteiger partial charge < -0.3 is 4.74 Å². The van der Waals surface area contributed by atoms with Crippen molar-refractivity contribution in [3.05, 3.63) is 30.4 Å². The highest BCUT2D eigenvalue weighted by Crippen LogP contribution is 2.16. The average molecular weight is 253 g/mol. The van der Waals surface area contributed by atoms with Gasteiger partial charge in [-0.2, -0.15) is 5.10 Å². The molecule has 0 aromatic carbocycles. The number of alkyl halides is 1. The lowest BCUT2D eigenvalue weighted by Gasteiger charge is -2.00. The number of hydrogen-bond acceptors (Lipinski definition) is 4. The lowest BCUT2D eigenvalue weighted by Crippen LogP contribution is -1.95. The van der Waals surface area contributed by atoms with Crippen LogP contribution in [0, 0.1) is 0 Å². The van der Waals surface area contributed by atoms with Gasteiger partial charge in [0.05, 0.1) is 18.3 Å². The molecule has 0 fully saturated rings. The summed E-state index contributed by atoms with van der Waals surface area (Å²) in [5.74, 6) is 1.03. The summed E-state index contributed by atoms with van der Waals surface area (Å²) in [7, 11) is 0. The number of rotatable bonds is 5. The van der Waals surface area contributed by atoms with Gasteiger partial charge in [-0.15, -0.1) is 11.6 Å². The number of aryl methyl sites for hydroxylation is 1. The molecule has 0 atom stereocenters. The highest BCUT2D eigenvalue weighted by atomic mass is 35.5. The number of aromatic nitrogens is 4. The van der Waals surface area contributed by atoms with E-state index in [4.69, 9.17) is 16.3 Å². The molecule has 90 valence electrons. The molecule has 5 nitrogen and oxygen atoms in total. The summed E-state index contributed by atoms with van der Waals surface area (Å²) in [5.41, 5.74) is 0.862. The Hall–Kier alpha value is -1.62. The van der Waals surface area contributed by atoms with Crippen molar-refractivity contribution in [2.75, 3.05) is 0 Å². The van der Waals surface area contributed by atoms with Crippen LogP contribution in [0.5, 0.6) is 11.8 Å². The largest absolute Gasteiger partial charge is 0.421 e. The quantitative estimate of drug-likeness (QED) is 0.768. The Kier molecular flexibility index (Phi) is 3.93. The Morgan fingerprint density at radius 2 is 2.06 bits per heavy atom. The number of halogens is 1. The third-order valence-electron chi connectivity index (χ3n) is 2.11. The first kappa shape index (κ1) is 11.9. The van der Waals surface area contributed by atoms with Crippen molar-refractivity contribution in [2.24, 2.45) is 0 Å². The van der Waals surface area contributed by atoms with Crippen LogP contribution in [0.4, 0.5) is 0 Å². The van der Waals surface area contributed by atoms with Crippen molar-refractivity contribution in [3.63, 3.8) is 0 Å². The van der Waals surface area contributed by atoms with E-state index in [0.29, 0.717) is 17.6 Å². The number of nitrogens with zero attached hydrogens (tertiary/aromatic N) is 4. The standard InChI is InChI=1S/C11H13ClN4O/c1-2-3-16-8-10(7-15-16)17-11-13-5-9(4-12)6-14-11/h5-8H,2-4H2,1H3. The van der Waals surface area contributed by atoms with Crippen LogP contribution in [-0.4, -0.2) is 19.7 Å². The summed E-state index contributed by atoms with van der Waals surface area (Å²) in [5, 5.41) is 4.15. The van der Waals surface area contributed by atoms with Gasteiger partial charge >= 0.3 is 6.01 Å². The van der Waals surface area contributed by atoms with Crippen LogP contribution in [0.25, 0.3) is 0 Å². The predicted octanol–water partition coefficient (Wildman–Crippen LogP) is 2.61. The first-order valence-corrected chi connectivity index (χ1v) is 5.92. The van der Waals surface area contributed by atoms with Crippen molar-refractivity contribution in [1.29, 1.82) is 0 Å². The van der Waals surface area contributed by atoms with Crippen molar-refractivity contribution in [3.8, 4) is 11.8 Å². The first-order chi connectivity index (χ1) is 8.31. The van der Waals surface area contributed by atoms with Crippen LogP contribution < -0.4 is 4.74 Å². The smallest absolute Gasteiger partial charge is 0.321 e. The van der Waals surface area contributed by atoms with Gasteiger partial charge in [0.25, 0.3) is 0 Å². The van der Waals surface area contributed by atoms with Gasteiger partial charge in [-0.1, -0.05) is 6.92 Å². The summed E-state index contributed by atoms with van der Waals surface area (Å²) in [6, 6.07) is 0.301. The lowest BCUT2D eigenvalue weighted by atomic mass is 10.4. The third kappa shape index (κ3) is 3.17. The molecule has 0 aliphatic carbocycles. The molecule has 0 aliphatic heterocycles. The second kappa shape index (κ2) is 5.63. The van der Waals surface area contributed by atoms with Crippen LogP contribution in [0.15, 0.2) is 24.8 Å². The van der Waals surface area contributed by atoms with E-state index in [-0.39, 0.29) is 0 Å². The van der Waals surface area contributed by atoms with Gasteiger partial charge in [0.1, 0.15) is 0 Å². The summed E-state index contributed by atoms with van der Waals surface area (Å²) in [4.78, 5) is 8.09. The minimum Gasteiger partial charge on any atom is -0.421 e. The van der Waals surface area contributed by atoms with E-state index in [1.807, 2.05) is 10.9 Å². The zero-order chi connectivity index (χ0) is 12.1. The fourth-order valence-electron chi connectivity index (χ4n) is 1.32. The maximum absolute atomic E-state index is 5.64. The maximum Gasteiger partial charge on any atom is 0.321 e. The SMILES string of the molecule is CCCn1cc(Oc2ncc(CCl)cn2)cn1. The van der Waals surface area contributed by atoms with E-state index in [0.717, 1.165) is 18.5 Å². The third-order valence-corrected chi connectivity index (χ3v) is 2.42. The summed E-state index contributed by atoms with van der Waals surface area (Å²) < 4.78 is 7.28. The molecule has 0 aliphatic rings. The van der Waals surface area contributed by atoms with E-state index < -0.39 is 0 Å². The van der Waals surface area contributed by atoms with E-state index >= 15 is 0 Å². The average Bonchev–Trinajstić information content (AvgIpc) is 2.78. The molecule has 0 radical (unpaired) electrons. The lowest BCUT2D eigenvalue weighted by molar-refractivity contribution is 0.440. The monoisotopic (exact) mass is 252 g/mol. The van der Waals surface area contributed by atoms with Gasteiger partial charge in [0, 0.05) is 24.5 Å². The summed E-state index contributed by atoms with van der Waals surface area (Å²) in [6.07, 6.45) is 7.79. The first-order valence-electron chi connectivity index (χ1n) is 5.39. The van der Waals surface area contributed by atoms with Crippen molar-refractivity contribution in [2.45, 2.75) is 25.8 Å². The normalized spacial score (nSPS) is 10.5. The molecule has 2 rings (SSSR count). The van der Waals surface area contributed by atoms with E-state index in [2.05, 4.69) is 22.0 Å². The Labute approximate surface area is 104 Å². The molecule has 0 saturated carbocycles. The van der Waals surface area contributed by atoms with Gasteiger partial charge in [0.15, 0.2) is 5.75 Å². The minimum absolute atomic E-state index is 0.301. The van der Waals surface area contributed by atoms with Crippen LogP contribution in [0.3, 0.4) is 0 Å². The molecule has 6 heteroatoms. The molecule has 17 heavy (non-hydrogen) atoms. The molecular weight excluding hydrogens is 240 g/mol. The Morgan fingerprint density at radius 1 is 1.29 bits per heavy atom. The molecule has 0 saturated heterocycles. The number of ether oxygens (including phenoxy) is 1. The molecule has 0 unspecified atom stereocenters. The van der Waals surface area contributed by atoms with Crippen LogP contribution >= 0.6 is 11.6 Å². The van der Waals surface area contributed by atoms with Crippen LogP contribution in [0.2, 0.25) is 0 Å². The molecule has 0 N–H and O–H groups in total. The van der Waals surface area contributed by atoms with E-state index in [1.165, 1.54) is 0 Å². The zero-order valence-corrected chi connectivity index (χ0v) is 10.3. The van der Waals surface area contributed by atoms with E-state index in [9.17, 15) is 0 Å². The molecule has 0 amide bonds. The van der Waals surface area contributed by atoms with Gasteiger partial charge in [0.2, 0.25) is 0 Å². The topological polar surface area (TPSA) is 52.8 Å². The minimum atomic E-state index is 0.301. The van der Waals surface area contributed by atoms with Gasteiger partial charge in [-0.3, -0.25) is 4.68 Å². The maximum atomic E-state index is 5.64. The summed E-state index contributed by atoms with van der Waals surface area (Å²) >= 11 is 5.64. The van der Waals surface area contributed by atoms with Crippen LogP contribution in [-0.2, 0) is 12.4 Å². The molecule has 0 bridgehead atoms. The fraction of sp³-hybridized carbons (Fsp3) is 0.364. The van der Waals surface area contributed by atoms with Crippen molar-refractivity contribution in [1.82, 2.24) is 19.7 Å². The van der Waals surface area contributed by atoms with Gasteiger partial charge in [-0.05, 0) is 6.42 Å². The molecule has 2 aromatic rings. The predicted molar refractivity (Wildman–Crippen MR) is 64.2 cm³/mol. The van der Waals surface area contributed by atoms with Gasteiger partial charge in [-0.25, -0.2) is 9.97 Å². The van der Waals surface area contributed by atoms with E-state index in [1.54, 1.807) is 18.6 Å². The Morgan fingerprint density at radius 3 is 2.71 bits per heavy atom. The highest BCUT2D eigenvalue weighted by Gasteiger charge is 2.03. The fourth-order valence-corrected chi connectivity index (χ4v) is 1.46. The highest BCUT2D eigenvalue weighted by molar-refractivity contribution is 6.17. The molecular formula is C11H13ClN4O. The second-order valence-corrected chi connectivity index (χ2v) is 3.82. The van der Waals surface area contributed by atoms with Crippen LogP contribution in [0.1, 0.15) is 18.9 Å². The number of hydrogen-bond donors (Lipinski definition) is 0. The second-order valence-electron chi connectivity index (χ2n) is 3.55. The Bertz CT molecular complexity index is 469. The Balaban J connectivity index is 2.03. The zero-order valence-electron chi connectivity index (χ0n) is 9.51.